The highest BCUT2D eigenvalue weighted by Gasteiger charge is 2.36. The van der Waals surface area contributed by atoms with Crippen LogP contribution in [0.25, 0.3) is 0 Å². The van der Waals surface area contributed by atoms with E-state index in [2.05, 4.69) is 6.07 Å². The molecule has 1 rings (SSSR count). The van der Waals surface area contributed by atoms with E-state index in [1.807, 2.05) is 26.2 Å². The molecule has 2 atom stereocenters. The van der Waals surface area contributed by atoms with Gasteiger partial charge in [-0.1, -0.05) is 6.08 Å². The van der Waals surface area contributed by atoms with Gasteiger partial charge in [-0.3, -0.25) is 4.79 Å². The van der Waals surface area contributed by atoms with Crippen LogP contribution in [0.2, 0.25) is 0 Å². The highest BCUT2D eigenvalue weighted by Crippen LogP contribution is 2.26. The molecule has 0 aromatic heterocycles. The molecule has 0 saturated heterocycles. The third-order valence-electron chi connectivity index (χ3n) is 2.91. The Morgan fingerprint density at radius 1 is 1.75 bits per heavy atom. The molecule has 5 heteroatoms. The van der Waals surface area contributed by atoms with E-state index >= 15 is 0 Å². The van der Waals surface area contributed by atoms with Crippen molar-refractivity contribution in [2.24, 2.45) is 5.73 Å². The maximum Gasteiger partial charge on any atom is 0.242 e. The summed E-state index contributed by atoms with van der Waals surface area (Å²) >= 11 is 1.56. The predicted molar refractivity (Wildman–Crippen MR) is 65.8 cm³/mol. The van der Waals surface area contributed by atoms with Crippen LogP contribution in [0.3, 0.4) is 0 Å². The Bertz CT molecular complexity index is 346. The van der Waals surface area contributed by atoms with Gasteiger partial charge in [-0.05, 0) is 26.2 Å². The number of hydrogen-bond acceptors (Lipinski definition) is 4. The number of hydrogen-bond donors (Lipinski definition) is 1. The van der Waals surface area contributed by atoms with E-state index in [4.69, 9.17) is 11.0 Å². The zero-order valence-corrected chi connectivity index (χ0v) is 10.6. The third-order valence-corrected chi connectivity index (χ3v) is 4.22. The summed E-state index contributed by atoms with van der Waals surface area (Å²) in [5.41, 5.74) is 5.95. The first-order valence-corrected chi connectivity index (χ1v) is 6.34. The summed E-state index contributed by atoms with van der Waals surface area (Å²) in [6.07, 6.45) is 5.48. The SMILES string of the molecule is CSC(C)(C)C(N)C(=O)N1CC=CC1C#N. The zero-order chi connectivity index (χ0) is 12.3. The summed E-state index contributed by atoms with van der Waals surface area (Å²) < 4.78 is -0.320. The van der Waals surface area contributed by atoms with Crippen LogP contribution in [-0.2, 0) is 4.79 Å². The van der Waals surface area contributed by atoms with Crippen LogP contribution in [0.1, 0.15) is 13.8 Å². The van der Waals surface area contributed by atoms with Gasteiger partial charge in [0.15, 0.2) is 0 Å². The molecule has 0 aromatic carbocycles. The fourth-order valence-corrected chi connectivity index (χ4v) is 1.82. The first-order valence-electron chi connectivity index (χ1n) is 5.11. The van der Waals surface area contributed by atoms with E-state index in [0.29, 0.717) is 6.54 Å². The van der Waals surface area contributed by atoms with Gasteiger partial charge in [0.25, 0.3) is 0 Å². The second-order valence-electron chi connectivity index (χ2n) is 4.28. The molecule has 4 nitrogen and oxygen atoms in total. The molecular weight excluding hydrogens is 222 g/mol. The van der Waals surface area contributed by atoms with Crippen LogP contribution in [0.15, 0.2) is 12.2 Å². The summed E-state index contributed by atoms with van der Waals surface area (Å²) in [5.74, 6) is -0.157. The molecule has 0 radical (unpaired) electrons. The Labute approximate surface area is 100 Å². The molecule has 2 unspecified atom stereocenters. The van der Waals surface area contributed by atoms with Crippen LogP contribution in [-0.4, -0.2) is 40.4 Å². The van der Waals surface area contributed by atoms with Gasteiger partial charge < -0.3 is 10.6 Å². The number of nitrogens with two attached hydrogens (primary N) is 1. The molecule has 1 amide bonds. The van der Waals surface area contributed by atoms with Gasteiger partial charge in [-0.15, -0.1) is 0 Å². The van der Waals surface area contributed by atoms with Gasteiger partial charge in [-0.25, -0.2) is 0 Å². The summed E-state index contributed by atoms with van der Waals surface area (Å²) in [6, 6.07) is 1.03. The van der Waals surface area contributed by atoms with E-state index in [-0.39, 0.29) is 10.7 Å². The average Bonchev–Trinajstić information content (AvgIpc) is 2.74. The van der Waals surface area contributed by atoms with Gasteiger partial charge in [0, 0.05) is 11.3 Å². The third kappa shape index (κ3) is 2.39. The minimum Gasteiger partial charge on any atom is -0.319 e. The lowest BCUT2D eigenvalue weighted by molar-refractivity contribution is -0.132. The first kappa shape index (κ1) is 13.1. The summed E-state index contributed by atoms with van der Waals surface area (Å²) in [6.45, 7) is 4.35. The number of thioether (sulfide) groups is 1. The van der Waals surface area contributed by atoms with Crippen molar-refractivity contribution in [1.29, 1.82) is 5.26 Å². The van der Waals surface area contributed by atoms with Crippen molar-refractivity contribution in [2.75, 3.05) is 12.8 Å². The average molecular weight is 239 g/mol. The Kier molecular flexibility index (Phi) is 4.00. The number of nitrogens with zero attached hydrogens (tertiary/aromatic N) is 2. The van der Waals surface area contributed by atoms with Crippen molar-refractivity contribution < 1.29 is 4.79 Å². The van der Waals surface area contributed by atoms with Gasteiger partial charge in [-0.2, -0.15) is 17.0 Å². The lowest BCUT2D eigenvalue weighted by Gasteiger charge is -2.32. The zero-order valence-electron chi connectivity index (χ0n) is 9.80. The van der Waals surface area contributed by atoms with E-state index in [1.165, 1.54) is 4.90 Å². The van der Waals surface area contributed by atoms with Gasteiger partial charge in [0.2, 0.25) is 5.91 Å². The van der Waals surface area contributed by atoms with Gasteiger partial charge >= 0.3 is 0 Å². The highest BCUT2D eigenvalue weighted by atomic mass is 32.2. The van der Waals surface area contributed by atoms with Crippen molar-refractivity contribution in [3.63, 3.8) is 0 Å². The lowest BCUT2D eigenvalue weighted by Crippen LogP contribution is -2.54. The fraction of sp³-hybridized carbons (Fsp3) is 0.636. The number of amides is 1. The molecule has 0 fully saturated rings. The topological polar surface area (TPSA) is 70.1 Å². The second kappa shape index (κ2) is 4.89. The van der Waals surface area contributed by atoms with Crippen molar-refractivity contribution in [2.45, 2.75) is 30.7 Å². The Morgan fingerprint density at radius 2 is 2.38 bits per heavy atom. The summed E-state index contributed by atoms with van der Waals surface area (Å²) in [7, 11) is 0. The van der Waals surface area contributed by atoms with Crippen molar-refractivity contribution in [3.8, 4) is 6.07 Å². The molecule has 0 aliphatic carbocycles. The fourth-order valence-electron chi connectivity index (χ4n) is 1.46. The van der Waals surface area contributed by atoms with Crippen molar-refractivity contribution >= 4 is 17.7 Å². The number of nitriles is 1. The van der Waals surface area contributed by atoms with E-state index < -0.39 is 12.1 Å². The quantitative estimate of drug-likeness (QED) is 0.738. The molecule has 1 aliphatic heterocycles. The van der Waals surface area contributed by atoms with E-state index in [1.54, 1.807) is 17.8 Å². The predicted octanol–water partition coefficient (Wildman–Crippen LogP) is 0.746. The van der Waals surface area contributed by atoms with E-state index in [9.17, 15) is 4.79 Å². The van der Waals surface area contributed by atoms with Crippen LogP contribution in [0.4, 0.5) is 0 Å². The molecule has 0 aromatic rings. The Hall–Kier alpha value is -0.990. The number of rotatable bonds is 3. The standard InChI is InChI=1S/C11H17N3OS/c1-11(2,16-3)9(13)10(15)14-6-4-5-8(14)7-12/h4-5,8-9H,6,13H2,1-3H3. The molecule has 0 saturated carbocycles. The molecule has 16 heavy (non-hydrogen) atoms. The highest BCUT2D eigenvalue weighted by molar-refractivity contribution is 8.00. The maximum absolute atomic E-state index is 12.1. The molecular formula is C11H17N3OS. The van der Waals surface area contributed by atoms with Crippen LogP contribution in [0.5, 0.6) is 0 Å². The number of carbonyl (C=O) groups is 1. The van der Waals surface area contributed by atoms with E-state index in [0.717, 1.165) is 0 Å². The van der Waals surface area contributed by atoms with Crippen LogP contribution >= 0.6 is 11.8 Å². The molecule has 88 valence electrons. The van der Waals surface area contributed by atoms with Crippen molar-refractivity contribution in [1.82, 2.24) is 4.90 Å². The van der Waals surface area contributed by atoms with Crippen LogP contribution in [0, 0.1) is 11.3 Å². The lowest BCUT2D eigenvalue weighted by atomic mass is 10.0. The molecule has 0 spiro atoms. The first-order chi connectivity index (χ1) is 7.44. The monoisotopic (exact) mass is 239 g/mol. The Morgan fingerprint density at radius 3 is 2.88 bits per heavy atom. The maximum atomic E-state index is 12.1. The largest absolute Gasteiger partial charge is 0.319 e. The molecule has 1 heterocycles. The second-order valence-corrected chi connectivity index (χ2v) is 5.74. The normalized spacial score (nSPS) is 21.9. The Balaban J connectivity index is 2.76. The van der Waals surface area contributed by atoms with Crippen molar-refractivity contribution in [3.05, 3.63) is 12.2 Å². The van der Waals surface area contributed by atoms with Gasteiger partial charge in [0.05, 0.1) is 12.1 Å². The molecule has 1 aliphatic rings. The minimum absolute atomic E-state index is 0.157. The van der Waals surface area contributed by atoms with Crippen LogP contribution < -0.4 is 5.73 Å². The summed E-state index contributed by atoms with van der Waals surface area (Å²) in [4.78, 5) is 13.6. The minimum atomic E-state index is -0.585. The number of carbonyl (C=O) groups excluding carboxylic acids is 1. The molecule has 0 bridgehead atoms. The molecule has 2 N–H and O–H groups in total. The smallest absolute Gasteiger partial charge is 0.242 e. The summed E-state index contributed by atoms with van der Waals surface area (Å²) in [5, 5.41) is 8.89. The van der Waals surface area contributed by atoms with Gasteiger partial charge in [0.1, 0.15) is 6.04 Å².